The molecule has 2 heterocycles. The zero-order valence-corrected chi connectivity index (χ0v) is 17.9. The molecule has 158 valence electrons. The molecular formula is C21H42N4O2. The molecule has 0 aromatic heterocycles. The van der Waals surface area contributed by atoms with Gasteiger partial charge in [-0.1, -0.05) is 6.92 Å². The number of hydrogen-bond donors (Lipinski definition) is 1. The highest BCUT2D eigenvalue weighted by Gasteiger charge is 2.23. The number of guanidine groups is 1. The van der Waals surface area contributed by atoms with Crippen LogP contribution in [0.3, 0.4) is 0 Å². The van der Waals surface area contributed by atoms with Crippen molar-refractivity contribution in [3.63, 3.8) is 0 Å². The van der Waals surface area contributed by atoms with Gasteiger partial charge in [-0.25, -0.2) is 0 Å². The van der Waals surface area contributed by atoms with E-state index in [-0.39, 0.29) is 0 Å². The molecule has 2 aliphatic heterocycles. The smallest absolute Gasteiger partial charge is 0.193 e. The Balaban J connectivity index is 1.72. The zero-order valence-electron chi connectivity index (χ0n) is 17.9. The largest absolute Gasteiger partial charge is 0.385 e. The van der Waals surface area contributed by atoms with Crippen molar-refractivity contribution in [3.05, 3.63) is 0 Å². The number of nitrogens with one attached hydrogen (secondary N) is 1. The summed E-state index contributed by atoms with van der Waals surface area (Å²) in [4.78, 5) is 10.0. The van der Waals surface area contributed by atoms with E-state index in [2.05, 4.69) is 29.0 Å². The molecule has 0 saturated carbocycles. The van der Waals surface area contributed by atoms with E-state index in [4.69, 9.17) is 14.5 Å². The molecule has 0 amide bonds. The topological polar surface area (TPSA) is 49.3 Å². The Hall–Kier alpha value is -0.850. The van der Waals surface area contributed by atoms with Crippen LogP contribution in [0.1, 0.15) is 52.4 Å². The van der Waals surface area contributed by atoms with Crippen molar-refractivity contribution >= 4 is 5.96 Å². The van der Waals surface area contributed by atoms with Crippen molar-refractivity contribution < 1.29 is 9.47 Å². The van der Waals surface area contributed by atoms with Crippen LogP contribution >= 0.6 is 0 Å². The quantitative estimate of drug-likeness (QED) is 0.358. The third-order valence-corrected chi connectivity index (χ3v) is 5.67. The van der Waals surface area contributed by atoms with E-state index in [9.17, 15) is 0 Å². The SMILES string of the molecule is CCCN1CCC(CN=C(NCC)N2CCC(OCCCOC)CC2)CC1. The minimum Gasteiger partial charge on any atom is -0.385 e. The van der Waals surface area contributed by atoms with Crippen molar-refractivity contribution in [1.29, 1.82) is 0 Å². The van der Waals surface area contributed by atoms with E-state index >= 15 is 0 Å². The predicted molar refractivity (Wildman–Crippen MR) is 112 cm³/mol. The second-order valence-electron chi connectivity index (χ2n) is 7.88. The van der Waals surface area contributed by atoms with Crippen LogP contribution in [0.5, 0.6) is 0 Å². The molecule has 6 nitrogen and oxygen atoms in total. The third kappa shape index (κ3) is 8.36. The van der Waals surface area contributed by atoms with Gasteiger partial charge in [0.2, 0.25) is 0 Å². The fourth-order valence-corrected chi connectivity index (χ4v) is 4.04. The average Bonchev–Trinajstić information content (AvgIpc) is 2.70. The number of methoxy groups -OCH3 is 1. The molecule has 0 radical (unpaired) electrons. The van der Waals surface area contributed by atoms with Crippen LogP contribution in [0, 0.1) is 5.92 Å². The maximum Gasteiger partial charge on any atom is 0.193 e. The van der Waals surface area contributed by atoms with E-state index in [0.717, 1.165) is 70.5 Å². The molecular weight excluding hydrogens is 340 g/mol. The van der Waals surface area contributed by atoms with Crippen molar-refractivity contribution in [1.82, 2.24) is 15.1 Å². The first kappa shape index (κ1) is 22.4. The summed E-state index contributed by atoms with van der Waals surface area (Å²) in [6.07, 6.45) is 7.40. The highest BCUT2D eigenvalue weighted by molar-refractivity contribution is 5.80. The van der Waals surface area contributed by atoms with Gasteiger partial charge in [-0.3, -0.25) is 4.99 Å². The molecule has 6 heteroatoms. The van der Waals surface area contributed by atoms with Gasteiger partial charge in [-0.15, -0.1) is 0 Å². The van der Waals surface area contributed by atoms with Gasteiger partial charge in [0, 0.05) is 46.5 Å². The minimum atomic E-state index is 0.392. The van der Waals surface area contributed by atoms with E-state index in [1.165, 1.54) is 38.9 Å². The third-order valence-electron chi connectivity index (χ3n) is 5.67. The van der Waals surface area contributed by atoms with Gasteiger partial charge in [-0.05, 0) is 71.0 Å². The number of rotatable bonds is 10. The number of likely N-dealkylation sites (tertiary alicyclic amines) is 2. The van der Waals surface area contributed by atoms with Gasteiger partial charge in [0.25, 0.3) is 0 Å². The molecule has 27 heavy (non-hydrogen) atoms. The Morgan fingerprint density at radius 3 is 2.41 bits per heavy atom. The lowest BCUT2D eigenvalue weighted by molar-refractivity contribution is 0.00988. The average molecular weight is 383 g/mol. The van der Waals surface area contributed by atoms with Crippen LogP contribution in [-0.2, 0) is 9.47 Å². The highest BCUT2D eigenvalue weighted by atomic mass is 16.5. The Morgan fingerprint density at radius 2 is 1.78 bits per heavy atom. The zero-order chi connectivity index (χ0) is 19.3. The summed E-state index contributed by atoms with van der Waals surface area (Å²) < 4.78 is 11.1. The van der Waals surface area contributed by atoms with Crippen molar-refractivity contribution in [3.8, 4) is 0 Å². The molecule has 0 spiro atoms. The maximum absolute atomic E-state index is 5.99. The van der Waals surface area contributed by atoms with Crippen LogP contribution < -0.4 is 5.32 Å². The van der Waals surface area contributed by atoms with E-state index in [0.29, 0.717) is 6.10 Å². The van der Waals surface area contributed by atoms with Crippen LogP contribution in [0.15, 0.2) is 4.99 Å². The summed E-state index contributed by atoms with van der Waals surface area (Å²) in [6.45, 7) is 13.7. The van der Waals surface area contributed by atoms with Crippen molar-refractivity contribution in [2.75, 3.05) is 66.1 Å². The molecule has 2 fully saturated rings. The molecule has 0 aromatic carbocycles. The summed E-state index contributed by atoms with van der Waals surface area (Å²) in [7, 11) is 1.74. The van der Waals surface area contributed by atoms with Gasteiger partial charge in [0.1, 0.15) is 0 Å². The van der Waals surface area contributed by atoms with Gasteiger partial charge in [0.05, 0.1) is 6.10 Å². The summed E-state index contributed by atoms with van der Waals surface area (Å²) in [5, 5.41) is 3.50. The Morgan fingerprint density at radius 1 is 1.04 bits per heavy atom. The Kier molecular flexibility index (Phi) is 11.1. The van der Waals surface area contributed by atoms with Crippen LogP contribution in [0.4, 0.5) is 0 Å². The van der Waals surface area contributed by atoms with Crippen LogP contribution in [0.2, 0.25) is 0 Å². The first-order valence-electron chi connectivity index (χ1n) is 11.1. The molecule has 0 aromatic rings. The van der Waals surface area contributed by atoms with E-state index < -0.39 is 0 Å². The van der Waals surface area contributed by atoms with Crippen LogP contribution in [0.25, 0.3) is 0 Å². The maximum atomic E-state index is 5.99. The Labute approximate surface area is 166 Å². The lowest BCUT2D eigenvalue weighted by atomic mass is 9.97. The molecule has 1 N–H and O–H groups in total. The van der Waals surface area contributed by atoms with Gasteiger partial charge >= 0.3 is 0 Å². The van der Waals surface area contributed by atoms with Crippen molar-refractivity contribution in [2.24, 2.45) is 10.9 Å². The predicted octanol–water partition coefficient (Wildman–Crippen LogP) is 2.59. The number of nitrogens with zero attached hydrogens (tertiary/aromatic N) is 3. The summed E-state index contributed by atoms with van der Waals surface area (Å²) in [5.74, 6) is 1.85. The Bertz CT molecular complexity index is 403. The number of hydrogen-bond acceptors (Lipinski definition) is 4. The summed E-state index contributed by atoms with van der Waals surface area (Å²) in [6, 6.07) is 0. The lowest BCUT2D eigenvalue weighted by Crippen LogP contribution is -2.47. The summed E-state index contributed by atoms with van der Waals surface area (Å²) >= 11 is 0. The van der Waals surface area contributed by atoms with Gasteiger partial charge in [-0.2, -0.15) is 0 Å². The first-order chi connectivity index (χ1) is 13.3. The first-order valence-corrected chi connectivity index (χ1v) is 11.1. The lowest BCUT2D eigenvalue weighted by Gasteiger charge is -2.35. The minimum absolute atomic E-state index is 0.392. The molecule has 2 aliphatic rings. The van der Waals surface area contributed by atoms with Crippen LogP contribution in [-0.4, -0.2) is 88.0 Å². The fourth-order valence-electron chi connectivity index (χ4n) is 4.04. The molecule has 0 unspecified atom stereocenters. The standard InChI is InChI=1S/C21H42N4O2/c1-4-11-24-12-7-19(8-13-24)18-23-21(22-5-2)25-14-9-20(10-15-25)27-17-6-16-26-3/h19-20H,4-18H2,1-3H3,(H,22,23). The summed E-state index contributed by atoms with van der Waals surface area (Å²) in [5.41, 5.74) is 0. The second kappa shape index (κ2) is 13.3. The van der Waals surface area contributed by atoms with E-state index in [1.54, 1.807) is 7.11 Å². The second-order valence-corrected chi connectivity index (χ2v) is 7.88. The number of aliphatic imine (C=N–C) groups is 1. The molecule has 0 aliphatic carbocycles. The normalized spacial score (nSPS) is 21.0. The van der Waals surface area contributed by atoms with E-state index in [1.807, 2.05) is 0 Å². The highest BCUT2D eigenvalue weighted by Crippen LogP contribution is 2.18. The fraction of sp³-hybridized carbons (Fsp3) is 0.952. The monoisotopic (exact) mass is 382 g/mol. The molecule has 0 bridgehead atoms. The number of ether oxygens (including phenoxy) is 2. The molecule has 2 rings (SSSR count). The molecule has 2 saturated heterocycles. The van der Waals surface area contributed by atoms with Gasteiger partial charge < -0.3 is 24.6 Å². The molecule has 0 atom stereocenters. The van der Waals surface area contributed by atoms with Gasteiger partial charge in [0.15, 0.2) is 5.96 Å². The number of piperidine rings is 2. The van der Waals surface area contributed by atoms with Crippen molar-refractivity contribution in [2.45, 2.75) is 58.5 Å².